The van der Waals surface area contributed by atoms with Gasteiger partial charge < -0.3 is 63.3 Å². The van der Waals surface area contributed by atoms with Crippen LogP contribution < -0.4 is 15.1 Å². The number of carbonyl (C=O) groups excluding carboxylic acids is 7. The highest BCUT2D eigenvalue weighted by molar-refractivity contribution is 5.93. The number of carbonyl (C=O) groups is 8. The first-order valence-corrected chi connectivity index (χ1v) is 28.9. The summed E-state index contributed by atoms with van der Waals surface area (Å²) in [5, 5.41) is 12.3. The van der Waals surface area contributed by atoms with Gasteiger partial charge in [-0.2, -0.15) is 0 Å². The molecule has 4 fully saturated rings. The summed E-state index contributed by atoms with van der Waals surface area (Å²) in [6.45, 7) is 12.4. The first-order valence-electron chi connectivity index (χ1n) is 28.9. The lowest BCUT2D eigenvalue weighted by Gasteiger charge is -2.34. The molecule has 3 amide bonds. The lowest BCUT2D eigenvalue weighted by atomic mass is 9.99. The van der Waals surface area contributed by atoms with E-state index in [-0.39, 0.29) is 43.9 Å². The van der Waals surface area contributed by atoms with Gasteiger partial charge in [-0.15, -0.1) is 0 Å². The van der Waals surface area contributed by atoms with Crippen LogP contribution in [0.4, 0.5) is 20.2 Å². The Kier molecular flexibility index (Phi) is 23.2. The molecule has 2 aliphatic carbocycles. The van der Waals surface area contributed by atoms with Crippen LogP contribution in [-0.4, -0.2) is 208 Å². The fourth-order valence-electron chi connectivity index (χ4n) is 10.2. The van der Waals surface area contributed by atoms with E-state index in [2.05, 4.69) is 15.1 Å². The quantitative estimate of drug-likeness (QED) is 0.0784. The number of aliphatic carboxylic acids is 1. The van der Waals surface area contributed by atoms with Crippen molar-refractivity contribution < 1.29 is 80.7 Å². The molecule has 0 aromatic heterocycles. The number of rotatable bonds is 30. The van der Waals surface area contributed by atoms with Crippen LogP contribution in [-0.2, 0) is 79.6 Å². The maximum Gasteiger partial charge on any atom is 0.344 e. The van der Waals surface area contributed by atoms with Gasteiger partial charge in [0.1, 0.15) is 35.5 Å². The first kappa shape index (κ1) is 65.7. The van der Waals surface area contributed by atoms with Crippen LogP contribution in [0.5, 0.6) is 0 Å². The van der Waals surface area contributed by atoms with Crippen molar-refractivity contribution in [2.75, 3.05) is 90.6 Å². The molecule has 83 heavy (non-hydrogen) atoms. The van der Waals surface area contributed by atoms with E-state index in [1.165, 1.54) is 69.7 Å². The molecule has 0 unspecified atom stereocenters. The topological polar surface area (TPSA) is 240 Å². The van der Waals surface area contributed by atoms with Crippen LogP contribution in [0.2, 0.25) is 0 Å². The van der Waals surface area contributed by atoms with E-state index < -0.39 is 114 Å². The molecule has 2 aliphatic heterocycles. The SMILES string of the molecule is CN[C@@H](CC(C)(C)F)C(=O)O[C@H](Cc1ccc(N2CCOCC2)cc1)C(=O)N(C)[C@@H](CC1CC1)C(=O)O[C@H](C)C(=O)N(C)[C@@H](CC(C)(C)F)C(=O)O[C@H](Cc1ccc(N2CCOCC2)cc1)C(=O)N(C)[C@@H](CC1CC1)C(=O)O[C@H](C)C(=O)O. The Hall–Kier alpha value is -6.46. The summed E-state index contributed by atoms with van der Waals surface area (Å²) in [5.41, 5.74) is -0.905. The van der Waals surface area contributed by atoms with E-state index in [1.54, 1.807) is 12.1 Å². The molecule has 2 aromatic carbocycles. The highest BCUT2D eigenvalue weighted by atomic mass is 19.1. The van der Waals surface area contributed by atoms with Gasteiger partial charge in [-0.05, 0) is 109 Å². The molecule has 2 saturated carbocycles. The minimum Gasteiger partial charge on any atom is -0.479 e. The summed E-state index contributed by atoms with van der Waals surface area (Å²) in [5.74, 6) is -7.91. The lowest BCUT2D eigenvalue weighted by Crippen LogP contribution is -2.54. The zero-order chi connectivity index (χ0) is 60.9. The summed E-state index contributed by atoms with van der Waals surface area (Å²) in [4.78, 5) is 119. The number of ether oxygens (including phenoxy) is 6. The van der Waals surface area contributed by atoms with E-state index in [1.807, 2.05) is 36.4 Å². The minimum atomic E-state index is -2.12. The van der Waals surface area contributed by atoms with Crippen LogP contribution in [0, 0.1) is 11.8 Å². The number of halogens is 2. The van der Waals surface area contributed by atoms with Gasteiger partial charge in [0.05, 0.1) is 26.4 Å². The van der Waals surface area contributed by atoms with Crippen molar-refractivity contribution in [2.24, 2.45) is 11.8 Å². The van der Waals surface area contributed by atoms with Gasteiger partial charge in [0, 0.05) is 84.4 Å². The molecule has 0 radical (unpaired) electrons. The number of amides is 3. The number of anilines is 2. The predicted molar refractivity (Wildman–Crippen MR) is 302 cm³/mol. The average molecular weight is 1170 g/mol. The number of carboxylic acid groups (broad SMARTS) is 1. The van der Waals surface area contributed by atoms with Gasteiger partial charge in [-0.3, -0.25) is 19.2 Å². The molecular weight excluding hydrogens is 1080 g/mol. The van der Waals surface area contributed by atoms with Crippen molar-refractivity contribution in [3.63, 3.8) is 0 Å². The van der Waals surface area contributed by atoms with Crippen molar-refractivity contribution >= 4 is 58.9 Å². The van der Waals surface area contributed by atoms with Crippen molar-refractivity contribution in [1.82, 2.24) is 20.0 Å². The fraction of sp³-hybridized carbons (Fsp3) is 0.667. The second-order valence-corrected chi connectivity index (χ2v) is 23.7. The summed E-state index contributed by atoms with van der Waals surface area (Å²) in [6.07, 6.45) is -4.24. The molecule has 460 valence electrons. The van der Waals surface area contributed by atoms with Gasteiger partial charge in [-0.25, -0.2) is 28.0 Å². The third-order valence-corrected chi connectivity index (χ3v) is 15.6. The number of nitrogens with zero attached hydrogens (tertiary/aromatic N) is 5. The molecule has 8 atom stereocenters. The van der Waals surface area contributed by atoms with Crippen LogP contribution in [0.25, 0.3) is 0 Å². The molecule has 0 bridgehead atoms. The van der Waals surface area contributed by atoms with E-state index in [0.717, 1.165) is 51.8 Å². The molecular formula is C60H86F2N6O15. The number of hydrogen-bond acceptors (Lipinski definition) is 17. The Labute approximate surface area is 485 Å². The summed E-state index contributed by atoms with van der Waals surface area (Å²) in [6, 6.07) is 9.20. The van der Waals surface area contributed by atoms with Crippen LogP contribution in [0.1, 0.15) is 104 Å². The Bertz CT molecular complexity index is 2540. The number of morpholine rings is 2. The Morgan fingerprint density at radius 3 is 1.29 bits per heavy atom. The lowest BCUT2D eigenvalue weighted by molar-refractivity contribution is -0.175. The van der Waals surface area contributed by atoms with Crippen LogP contribution in [0.15, 0.2) is 48.5 Å². The fourth-order valence-corrected chi connectivity index (χ4v) is 10.2. The summed E-state index contributed by atoms with van der Waals surface area (Å²) < 4.78 is 64.8. The second kappa shape index (κ2) is 29.4. The molecule has 0 spiro atoms. The summed E-state index contributed by atoms with van der Waals surface area (Å²) in [7, 11) is 5.37. The second-order valence-electron chi connectivity index (χ2n) is 23.7. The van der Waals surface area contributed by atoms with Crippen molar-refractivity contribution in [3.8, 4) is 0 Å². The zero-order valence-electron chi connectivity index (χ0n) is 49.8. The number of benzene rings is 2. The molecule has 2 N–H and O–H groups in total. The third kappa shape index (κ3) is 19.8. The zero-order valence-corrected chi connectivity index (χ0v) is 49.8. The highest BCUT2D eigenvalue weighted by Gasteiger charge is 2.44. The smallest absolute Gasteiger partial charge is 0.344 e. The summed E-state index contributed by atoms with van der Waals surface area (Å²) >= 11 is 0. The monoisotopic (exact) mass is 1170 g/mol. The molecule has 23 heteroatoms. The number of hydrogen-bond donors (Lipinski definition) is 2. The largest absolute Gasteiger partial charge is 0.479 e. The number of nitrogens with one attached hydrogen (secondary N) is 1. The van der Waals surface area contributed by atoms with Crippen LogP contribution in [0.3, 0.4) is 0 Å². The Morgan fingerprint density at radius 2 is 0.928 bits per heavy atom. The van der Waals surface area contributed by atoms with Crippen molar-refractivity contribution in [2.45, 2.75) is 166 Å². The number of carboxylic acids is 1. The molecule has 21 nitrogen and oxygen atoms in total. The maximum absolute atomic E-state index is 15.9. The number of alkyl halides is 2. The van der Waals surface area contributed by atoms with E-state index in [4.69, 9.17) is 28.4 Å². The third-order valence-electron chi connectivity index (χ3n) is 15.6. The number of esters is 4. The van der Waals surface area contributed by atoms with E-state index >= 15 is 4.39 Å². The molecule has 6 rings (SSSR count). The van der Waals surface area contributed by atoms with Gasteiger partial charge in [0.15, 0.2) is 24.4 Å². The van der Waals surface area contributed by atoms with Gasteiger partial charge >= 0.3 is 29.8 Å². The minimum absolute atomic E-state index is 0.0111. The van der Waals surface area contributed by atoms with Crippen LogP contribution >= 0.6 is 0 Å². The van der Waals surface area contributed by atoms with E-state index in [0.29, 0.717) is 63.7 Å². The number of likely N-dealkylation sites (N-methyl/N-ethyl adjacent to an activating group) is 4. The van der Waals surface area contributed by atoms with Crippen molar-refractivity contribution in [3.05, 3.63) is 59.7 Å². The standard InChI is InChI=1S/C60H86F2N6O15/c1-37(80-56(75)46(31-39-11-12-39)64(8)52(70)49(82-55(74)45(63-7)35-59(3,4)61)33-41-15-19-43(20-16-41)67-23-27-78-28-24-67)51(69)66(10)48(36-60(5,6)62)58(77)83-50(34-42-17-21-44(22-18-42)68-25-29-79-30-26-68)53(71)65(9)47(32-40-13-14-40)57(76)81-38(2)54(72)73/h15-22,37-40,45-50,63H,11-14,23-36H2,1-10H3,(H,72,73)/t37-,38-,45+,46+,47+,48+,49-,50-/m1/s1. The first-order chi connectivity index (χ1) is 39.1. The highest BCUT2D eigenvalue weighted by Crippen LogP contribution is 2.37. The van der Waals surface area contributed by atoms with Gasteiger partial charge in [-0.1, -0.05) is 49.9 Å². The van der Waals surface area contributed by atoms with E-state index in [9.17, 15) is 47.9 Å². The predicted octanol–water partition coefficient (Wildman–Crippen LogP) is 4.86. The molecule has 2 aromatic rings. The van der Waals surface area contributed by atoms with Gasteiger partial charge in [0.25, 0.3) is 17.7 Å². The Morgan fingerprint density at radius 1 is 0.566 bits per heavy atom. The molecule has 2 heterocycles. The van der Waals surface area contributed by atoms with Crippen molar-refractivity contribution in [1.29, 1.82) is 0 Å². The van der Waals surface area contributed by atoms with Gasteiger partial charge in [0.2, 0.25) is 0 Å². The Balaban J connectivity index is 1.22. The molecule has 4 aliphatic rings. The molecule has 2 saturated heterocycles. The average Bonchev–Trinajstić information content (AvgIpc) is 4.52. The maximum atomic E-state index is 15.9. The normalized spacial score (nSPS) is 18.7.